The van der Waals surface area contributed by atoms with Gasteiger partial charge in [-0.05, 0) is 37.6 Å². The van der Waals surface area contributed by atoms with Crippen LogP contribution in [-0.2, 0) is 32.3 Å². The van der Waals surface area contributed by atoms with Gasteiger partial charge in [0.1, 0.15) is 18.4 Å². The summed E-state index contributed by atoms with van der Waals surface area (Å²) in [4.78, 5) is 26.9. The third-order valence-electron chi connectivity index (χ3n) is 5.24. The van der Waals surface area contributed by atoms with Crippen LogP contribution in [0.25, 0.3) is 0 Å². The van der Waals surface area contributed by atoms with Crippen LogP contribution in [0.4, 0.5) is 23.2 Å². The molecule has 0 aromatic heterocycles. The largest absolute Gasteiger partial charge is 0.417 e. The fourth-order valence-electron chi connectivity index (χ4n) is 3.29. The van der Waals surface area contributed by atoms with Crippen LogP contribution in [0.2, 0.25) is 5.02 Å². The second-order valence-corrected chi connectivity index (χ2v) is 10.3. The maximum absolute atomic E-state index is 14.3. The molecule has 0 radical (unpaired) electrons. The van der Waals surface area contributed by atoms with Crippen LogP contribution in [0.3, 0.4) is 0 Å². The van der Waals surface area contributed by atoms with E-state index < -0.39 is 62.7 Å². The zero-order valence-corrected chi connectivity index (χ0v) is 21.3. The standard InChI is InChI=1S/C23H26ClF4N3O4S/c1-4-11-29-22(33)15(2)30(13-16-7-5-6-8-20(16)25)21(32)14-31(36(3,34)35)17-9-10-19(24)18(12-17)23(26,27)28/h5-10,12,15H,4,11,13-14H2,1-3H3,(H,29,33)/t15-/m0/s1. The molecule has 0 aliphatic rings. The van der Waals surface area contributed by atoms with E-state index in [0.717, 1.165) is 29.4 Å². The Morgan fingerprint density at radius 1 is 1.14 bits per heavy atom. The van der Waals surface area contributed by atoms with E-state index in [1.165, 1.54) is 25.1 Å². The summed E-state index contributed by atoms with van der Waals surface area (Å²) in [6.45, 7) is 2.21. The number of carbonyl (C=O) groups is 2. The van der Waals surface area contributed by atoms with Crippen molar-refractivity contribution in [3.63, 3.8) is 0 Å². The number of hydrogen-bond donors (Lipinski definition) is 1. The Kier molecular flexibility index (Phi) is 9.72. The summed E-state index contributed by atoms with van der Waals surface area (Å²) in [6.07, 6.45) is -3.54. The van der Waals surface area contributed by atoms with Crippen LogP contribution in [-0.4, -0.2) is 50.5 Å². The number of nitrogens with zero attached hydrogens (tertiary/aromatic N) is 2. The van der Waals surface area contributed by atoms with E-state index in [1.807, 2.05) is 6.92 Å². The molecule has 2 rings (SSSR count). The van der Waals surface area contributed by atoms with Crippen LogP contribution in [0, 0.1) is 5.82 Å². The summed E-state index contributed by atoms with van der Waals surface area (Å²) in [7, 11) is -4.26. The number of carbonyl (C=O) groups excluding carboxylic acids is 2. The first kappa shape index (κ1) is 29.4. The van der Waals surface area contributed by atoms with Gasteiger partial charge in [-0.15, -0.1) is 0 Å². The van der Waals surface area contributed by atoms with Gasteiger partial charge in [0.05, 0.1) is 22.5 Å². The van der Waals surface area contributed by atoms with Crippen LogP contribution < -0.4 is 9.62 Å². The average Bonchev–Trinajstić information content (AvgIpc) is 2.78. The zero-order chi connectivity index (χ0) is 27.3. The van der Waals surface area contributed by atoms with Gasteiger partial charge >= 0.3 is 6.18 Å². The molecule has 198 valence electrons. The molecule has 0 aliphatic heterocycles. The van der Waals surface area contributed by atoms with E-state index in [-0.39, 0.29) is 12.1 Å². The molecule has 0 fully saturated rings. The molecule has 0 saturated carbocycles. The Balaban J connectivity index is 2.48. The maximum Gasteiger partial charge on any atom is 0.417 e. The molecule has 7 nitrogen and oxygen atoms in total. The van der Waals surface area contributed by atoms with Crippen molar-refractivity contribution in [3.05, 3.63) is 64.4 Å². The van der Waals surface area contributed by atoms with Gasteiger partial charge in [0.2, 0.25) is 21.8 Å². The number of halogens is 5. The fourth-order valence-corrected chi connectivity index (χ4v) is 4.35. The van der Waals surface area contributed by atoms with Gasteiger partial charge in [-0.1, -0.05) is 36.7 Å². The Bertz CT molecular complexity index is 1210. The van der Waals surface area contributed by atoms with Crippen LogP contribution in [0.15, 0.2) is 42.5 Å². The van der Waals surface area contributed by atoms with Crippen molar-refractivity contribution in [2.24, 2.45) is 0 Å². The van der Waals surface area contributed by atoms with E-state index >= 15 is 0 Å². The molecule has 0 saturated heterocycles. The number of amides is 2. The van der Waals surface area contributed by atoms with E-state index in [9.17, 15) is 35.6 Å². The number of benzene rings is 2. The van der Waals surface area contributed by atoms with Gasteiger partial charge in [0.15, 0.2) is 0 Å². The first-order chi connectivity index (χ1) is 16.7. The van der Waals surface area contributed by atoms with Crippen molar-refractivity contribution >= 4 is 39.1 Å². The molecule has 2 amide bonds. The summed E-state index contributed by atoms with van der Waals surface area (Å²) in [5.41, 5.74) is -1.66. The first-order valence-electron chi connectivity index (χ1n) is 10.8. The number of anilines is 1. The predicted molar refractivity (Wildman–Crippen MR) is 128 cm³/mol. The SMILES string of the molecule is CCCNC(=O)[C@H](C)N(Cc1ccccc1F)C(=O)CN(c1ccc(Cl)c(C(F)(F)F)c1)S(C)(=O)=O. The minimum atomic E-state index is -4.87. The van der Waals surface area contributed by atoms with Crippen molar-refractivity contribution < 1.29 is 35.6 Å². The first-order valence-corrected chi connectivity index (χ1v) is 13.0. The molecule has 2 aromatic carbocycles. The van der Waals surface area contributed by atoms with E-state index in [0.29, 0.717) is 23.3 Å². The summed E-state index contributed by atoms with van der Waals surface area (Å²) < 4.78 is 79.8. The normalized spacial score (nSPS) is 12.7. The lowest BCUT2D eigenvalue weighted by Gasteiger charge is -2.31. The lowest BCUT2D eigenvalue weighted by molar-refractivity contribution is -0.139. The molecule has 1 atom stereocenters. The van der Waals surface area contributed by atoms with Crippen LogP contribution in [0.5, 0.6) is 0 Å². The molecule has 0 unspecified atom stereocenters. The Morgan fingerprint density at radius 3 is 2.33 bits per heavy atom. The molecule has 13 heteroatoms. The van der Waals surface area contributed by atoms with Gasteiger partial charge in [0, 0.05) is 18.7 Å². The summed E-state index contributed by atoms with van der Waals surface area (Å²) in [5, 5.41) is 1.97. The van der Waals surface area contributed by atoms with Gasteiger partial charge in [0.25, 0.3) is 0 Å². The Morgan fingerprint density at radius 2 is 1.78 bits per heavy atom. The second-order valence-electron chi connectivity index (χ2n) is 8.01. The summed E-state index contributed by atoms with van der Waals surface area (Å²) >= 11 is 5.64. The lowest BCUT2D eigenvalue weighted by Crippen LogP contribution is -2.51. The average molecular weight is 552 g/mol. The van der Waals surface area contributed by atoms with Gasteiger partial charge < -0.3 is 10.2 Å². The van der Waals surface area contributed by atoms with Crippen molar-refractivity contribution in [1.29, 1.82) is 0 Å². The Labute approximate surface area is 212 Å². The Hall–Kier alpha value is -2.86. The van der Waals surface area contributed by atoms with Crippen molar-refractivity contribution in [2.45, 2.75) is 39.0 Å². The minimum Gasteiger partial charge on any atom is -0.354 e. The molecule has 0 aliphatic carbocycles. The maximum atomic E-state index is 14.3. The van der Waals surface area contributed by atoms with Gasteiger partial charge in [-0.25, -0.2) is 12.8 Å². The molecule has 2 aromatic rings. The molecule has 36 heavy (non-hydrogen) atoms. The van der Waals surface area contributed by atoms with Crippen LogP contribution in [0.1, 0.15) is 31.4 Å². The van der Waals surface area contributed by atoms with Crippen molar-refractivity contribution in [1.82, 2.24) is 10.2 Å². The molecule has 1 N–H and O–H groups in total. The highest BCUT2D eigenvalue weighted by Crippen LogP contribution is 2.37. The van der Waals surface area contributed by atoms with Gasteiger partial charge in [-0.3, -0.25) is 13.9 Å². The smallest absolute Gasteiger partial charge is 0.354 e. The van der Waals surface area contributed by atoms with E-state index in [4.69, 9.17) is 11.6 Å². The van der Waals surface area contributed by atoms with E-state index in [1.54, 1.807) is 0 Å². The van der Waals surface area contributed by atoms with E-state index in [2.05, 4.69) is 5.32 Å². The highest BCUT2D eigenvalue weighted by molar-refractivity contribution is 7.92. The highest BCUT2D eigenvalue weighted by Gasteiger charge is 2.35. The summed E-state index contributed by atoms with van der Waals surface area (Å²) in [6, 6.07) is 6.82. The highest BCUT2D eigenvalue weighted by atomic mass is 35.5. The molecule has 0 spiro atoms. The topological polar surface area (TPSA) is 86.8 Å². The minimum absolute atomic E-state index is 0.0674. The zero-order valence-electron chi connectivity index (χ0n) is 19.8. The quantitative estimate of drug-likeness (QED) is 0.448. The molecule has 0 bridgehead atoms. The van der Waals surface area contributed by atoms with Crippen molar-refractivity contribution in [3.8, 4) is 0 Å². The van der Waals surface area contributed by atoms with Gasteiger partial charge in [-0.2, -0.15) is 13.2 Å². The number of sulfonamides is 1. The fraction of sp³-hybridized carbons (Fsp3) is 0.391. The van der Waals surface area contributed by atoms with Crippen molar-refractivity contribution in [2.75, 3.05) is 23.7 Å². The number of nitrogens with one attached hydrogen (secondary N) is 1. The number of hydrogen-bond acceptors (Lipinski definition) is 4. The molecule has 0 heterocycles. The second kappa shape index (κ2) is 11.9. The van der Waals surface area contributed by atoms with Crippen LogP contribution >= 0.6 is 11.6 Å². The third-order valence-corrected chi connectivity index (χ3v) is 6.71. The number of alkyl halides is 3. The number of rotatable bonds is 10. The molecular formula is C23H26ClF4N3O4S. The molecular weight excluding hydrogens is 526 g/mol. The lowest BCUT2D eigenvalue weighted by atomic mass is 10.1. The monoisotopic (exact) mass is 551 g/mol. The third kappa shape index (κ3) is 7.57. The summed E-state index contributed by atoms with van der Waals surface area (Å²) in [5.74, 6) is -2.13. The predicted octanol–water partition coefficient (Wildman–Crippen LogP) is 4.21.